The molecule has 0 radical (unpaired) electrons. The van der Waals surface area contributed by atoms with Crippen LogP contribution in [0.5, 0.6) is 5.75 Å². The summed E-state index contributed by atoms with van der Waals surface area (Å²) >= 11 is 0. The molecule has 0 unspecified atom stereocenters. The van der Waals surface area contributed by atoms with Gasteiger partial charge < -0.3 is 10.1 Å². The van der Waals surface area contributed by atoms with Gasteiger partial charge in [-0.2, -0.15) is 5.10 Å². The molecule has 6 nitrogen and oxygen atoms in total. The van der Waals surface area contributed by atoms with Crippen molar-refractivity contribution < 1.29 is 14.3 Å². The highest BCUT2D eigenvalue weighted by Crippen LogP contribution is 2.16. The van der Waals surface area contributed by atoms with Crippen LogP contribution < -0.4 is 10.1 Å². The Morgan fingerprint density at radius 3 is 2.42 bits per heavy atom. The van der Waals surface area contributed by atoms with Crippen LogP contribution in [0.1, 0.15) is 44.5 Å². The Labute approximate surface area is 141 Å². The normalized spacial score (nSPS) is 11.2. The number of hydrogen-bond donors (Lipinski definition) is 1. The minimum Gasteiger partial charge on any atom is -0.484 e. The van der Waals surface area contributed by atoms with Crippen molar-refractivity contribution in [2.75, 3.05) is 11.9 Å². The molecular weight excluding hydrogens is 306 g/mol. The number of nitrogens with one attached hydrogen (secondary N) is 1. The highest BCUT2D eigenvalue weighted by atomic mass is 16.5. The number of benzene rings is 1. The van der Waals surface area contributed by atoms with E-state index in [1.165, 1.54) is 0 Å². The molecule has 0 aliphatic heterocycles. The average molecular weight is 329 g/mol. The number of nitrogens with zero attached hydrogens (tertiary/aromatic N) is 2. The van der Waals surface area contributed by atoms with Gasteiger partial charge in [0.2, 0.25) is 0 Å². The molecule has 6 heteroatoms. The van der Waals surface area contributed by atoms with Crippen LogP contribution in [0.25, 0.3) is 0 Å². The third kappa shape index (κ3) is 4.68. The van der Waals surface area contributed by atoms with Crippen molar-refractivity contribution in [1.29, 1.82) is 0 Å². The number of ether oxygens (including phenoxy) is 1. The summed E-state index contributed by atoms with van der Waals surface area (Å²) in [4.78, 5) is 23.5. The molecule has 24 heavy (non-hydrogen) atoms. The Morgan fingerprint density at radius 2 is 1.88 bits per heavy atom. The van der Waals surface area contributed by atoms with Crippen LogP contribution in [0, 0.1) is 0 Å². The van der Waals surface area contributed by atoms with Crippen LogP contribution in [0.4, 0.5) is 5.69 Å². The second kappa shape index (κ2) is 7.29. The van der Waals surface area contributed by atoms with Crippen LogP contribution in [0.15, 0.2) is 36.7 Å². The number of anilines is 1. The summed E-state index contributed by atoms with van der Waals surface area (Å²) < 4.78 is 7.22. The number of aromatic nitrogens is 2. The summed E-state index contributed by atoms with van der Waals surface area (Å²) in [5.74, 6) is 0.357. The standard InChI is InChI=1S/C18H23N3O3/c1-5-16(22)13-6-8-15(9-7-13)24-12-17(23)20-14-10-19-21(11-14)18(2,3)4/h6-11H,5,12H2,1-4H3,(H,20,23). The molecule has 2 rings (SSSR count). The maximum atomic E-state index is 11.9. The molecule has 1 aromatic carbocycles. The molecule has 2 aromatic rings. The van der Waals surface area contributed by atoms with Gasteiger partial charge in [0.05, 0.1) is 17.4 Å². The van der Waals surface area contributed by atoms with Gasteiger partial charge in [0.1, 0.15) is 5.75 Å². The smallest absolute Gasteiger partial charge is 0.262 e. The zero-order valence-electron chi connectivity index (χ0n) is 14.5. The summed E-state index contributed by atoms with van der Waals surface area (Å²) in [6.07, 6.45) is 3.85. The lowest BCUT2D eigenvalue weighted by Gasteiger charge is -2.18. The van der Waals surface area contributed by atoms with Gasteiger partial charge in [-0.3, -0.25) is 14.3 Å². The molecule has 0 aliphatic rings. The minimum atomic E-state index is -0.267. The Hall–Kier alpha value is -2.63. The number of rotatable bonds is 6. The third-order valence-electron chi connectivity index (χ3n) is 3.42. The van der Waals surface area contributed by atoms with Crippen molar-refractivity contribution in [1.82, 2.24) is 9.78 Å². The first kappa shape index (κ1) is 17.7. The van der Waals surface area contributed by atoms with Gasteiger partial charge in [-0.15, -0.1) is 0 Å². The van der Waals surface area contributed by atoms with E-state index >= 15 is 0 Å². The lowest BCUT2D eigenvalue weighted by molar-refractivity contribution is -0.118. The molecule has 0 aliphatic carbocycles. The fourth-order valence-electron chi connectivity index (χ4n) is 2.04. The number of amides is 1. The molecule has 0 saturated heterocycles. The SMILES string of the molecule is CCC(=O)c1ccc(OCC(=O)Nc2cnn(C(C)(C)C)c2)cc1. The van der Waals surface area contributed by atoms with Gasteiger partial charge in [0.15, 0.2) is 12.4 Å². The maximum absolute atomic E-state index is 11.9. The predicted molar refractivity (Wildman–Crippen MR) is 92.4 cm³/mol. The van der Waals surface area contributed by atoms with Gasteiger partial charge in [-0.25, -0.2) is 0 Å². The molecule has 0 spiro atoms. The first-order valence-electron chi connectivity index (χ1n) is 7.90. The van der Waals surface area contributed by atoms with Crippen molar-refractivity contribution in [2.24, 2.45) is 0 Å². The second-order valence-corrected chi connectivity index (χ2v) is 6.48. The Morgan fingerprint density at radius 1 is 1.21 bits per heavy atom. The first-order chi connectivity index (χ1) is 11.3. The van der Waals surface area contributed by atoms with Gasteiger partial charge in [0, 0.05) is 18.2 Å². The van der Waals surface area contributed by atoms with E-state index in [9.17, 15) is 9.59 Å². The van der Waals surface area contributed by atoms with Gasteiger partial charge in [-0.1, -0.05) is 6.92 Å². The number of carbonyl (C=O) groups excluding carboxylic acids is 2. The zero-order valence-corrected chi connectivity index (χ0v) is 14.5. The molecule has 0 fully saturated rings. The van der Waals surface area contributed by atoms with Crippen LogP contribution >= 0.6 is 0 Å². The topological polar surface area (TPSA) is 73.2 Å². The first-order valence-corrected chi connectivity index (χ1v) is 7.90. The number of Topliss-reactive ketones (excluding diaryl/α,β-unsaturated/α-hetero) is 1. The van der Waals surface area contributed by atoms with Crippen molar-refractivity contribution in [3.8, 4) is 5.75 Å². The van der Waals surface area contributed by atoms with Crippen LogP contribution in [0.2, 0.25) is 0 Å². The van der Waals surface area contributed by atoms with E-state index in [1.54, 1.807) is 41.3 Å². The van der Waals surface area contributed by atoms with Crippen molar-refractivity contribution >= 4 is 17.4 Å². The summed E-state index contributed by atoms with van der Waals surface area (Å²) in [6.45, 7) is 7.80. The Balaban J connectivity index is 1.87. The van der Waals surface area contributed by atoms with E-state index in [4.69, 9.17) is 4.74 Å². The highest BCUT2D eigenvalue weighted by molar-refractivity contribution is 5.96. The predicted octanol–water partition coefficient (Wildman–Crippen LogP) is 3.25. The Bertz CT molecular complexity index is 712. The van der Waals surface area contributed by atoms with Gasteiger partial charge in [0.25, 0.3) is 5.91 Å². The van der Waals surface area contributed by atoms with Gasteiger partial charge >= 0.3 is 0 Å². The van der Waals surface area contributed by atoms with Crippen molar-refractivity contribution in [3.63, 3.8) is 0 Å². The van der Waals surface area contributed by atoms with Gasteiger partial charge in [-0.05, 0) is 45.0 Å². The van der Waals surface area contributed by atoms with Crippen LogP contribution in [-0.4, -0.2) is 28.1 Å². The summed E-state index contributed by atoms with van der Waals surface area (Å²) in [5.41, 5.74) is 1.13. The lowest BCUT2D eigenvalue weighted by atomic mass is 10.1. The third-order valence-corrected chi connectivity index (χ3v) is 3.42. The molecule has 1 heterocycles. The van der Waals surface area contributed by atoms with Crippen molar-refractivity contribution in [3.05, 3.63) is 42.2 Å². The number of hydrogen-bond acceptors (Lipinski definition) is 4. The average Bonchev–Trinajstić information content (AvgIpc) is 3.01. The van der Waals surface area contributed by atoms with Crippen LogP contribution in [0.3, 0.4) is 0 Å². The van der Waals surface area contributed by atoms with E-state index in [0.717, 1.165) is 0 Å². The molecule has 1 aromatic heterocycles. The molecule has 0 atom stereocenters. The zero-order chi connectivity index (χ0) is 17.7. The van der Waals surface area contributed by atoms with E-state index < -0.39 is 0 Å². The number of ketones is 1. The van der Waals surface area contributed by atoms with E-state index in [1.807, 2.05) is 27.7 Å². The molecule has 1 amide bonds. The monoisotopic (exact) mass is 329 g/mol. The second-order valence-electron chi connectivity index (χ2n) is 6.48. The molecule has 1 N–H and O–H groups in total. The molecule has 128 valence electrons. The quantitative estimate of drug-likeness (QED) is 0.826. The summed E-state index contributed by atoms with van der Waals surface area (Å²) in [5, 5.41) is 6.96. The fourth-order valence-corrected chi connectivity index (χ4v) is 2.04. The summed E-state index contributed by atoms with van der Waals surface area (Å²) in [6, 6.07) is 6.78. The maximum Gasteiger partial charge on any atom is 0.262 e. The minimum absolute atomic E-state index is 0.0788. The molecule has 0 saturated carbocycles. The molecular formula is C18H23N3O3. The Kier molecular flexibility index (Phi) is 5.39. The molecule has 0 bridgehead atoms. The fraction of sp³-hybridized carbons (Fsp3) is 0.389. The summed E-state index contributed by atoms with van der Waals surface area (Å²) in [7, 11) is 0. The highest BCUT2D eigenvalue weighted by Gasteiger charge is 2.15. The van der Waals surface area contributed by atoms with E-state index in [0.29, 0.717) is 23.4 Å². The van der Waals surface area contributed by atoms with E-state index in [2.05, 4.69) is 10.4 Å². The van der Waals surface area contributed by atoms with E-state index in [-0.39, 0.29) is 23.8 Å². The largest absolute Gasteiger partial charge is 0.484 e. The van der Waals surface area contributed by atoms with Crippen molar-refractivity contribution in [2.45, 2.75) is 39.7 Å². The number of carbonyl (C=O) groups is 2. The van der Waals surface area contributed by atoms with Crippen LogP contribution in [-0.2, 0) is 10.3 Å². The lowest BCUT2D eigenvalue weighted by Crippen LogP contribution is -2.22.